The molecule has 66 valence electrons. The average Bonchev–Trinajstić information content (AvgIpc) is 2.27. The number of rotatable bonds is 2. The first-order chi connectivity index (χ1) is 5.11. The highest BCUT2D eigenvalue weighted by atomic mass is 14.4. The molecule has 0 nitrogen and oxygen atoms in total. The van der Waals surface area contributed by atoms with E-state index in [0.717, 1.165) is 11.8 Å². The predicted molar refractivity (Wildman–Crippen MR) is 50.6 cm³/mol. The maximum atomic E-state index is 2.46. The van der Waals surface area contributed by atoms with Gasteiger partial charge in [-0.2, -0.15) is 0 Å². The predicted octanol–water partition coefficient (Wildman–Crippen LogP) is 3.86. The molecule has 1 aliphatic carbocycles. The third kappa shape index (κ3) is 1.77. The van der Waals surface area contributed by atoms with Crippen molar-refractivity contribution in [2.45, 2.75) is 53.4 Å². The molecule has 0 aromatic carbocycles. The van der Waals surface area contributed by atoms with E-state index in [1.54, 1.807) is 0 Å². The summed E-state index contributed by atoms with van der Waals surface area (Å²) in [5, 5.41) is 0. The maximum absolute atomic E-state index is 2.46. The molecule has 0 amide bonds. The van der Waals surface area contributed by atoms with Gasteiger partial charge in [-0.15, -0.1) is 0 Å². The van der Waals surface area contributed by atoms with Crippen molar-refractivity contribution in [1.29, 1.82) is 0 Å². The lowest BCUT2D eigenvalue weighted by Gasteiger charge is -2.21. The summed E-state index contributed by atoms with van der Waals surface area (Å²) < 4.78 is 0. The Bertz CT molecular complexity index is 128. The molecule has 1 rings (SSSR count). The van der Waals surface area contributed by atoms with Crippen LogP contribution in [0.5, 0.6) is 0 Å². The molecule has 3 unspecified atom stereocenters. The molecule has 0 saturated heterocycles. The van der Waals surface area contributed by atoms with Gasteiger partial charge in [-0.3, -0.25) is 0 Å². The van der Waals surface area contributed by atoms with Gasteiger partial charge in [0.2, 0.25) is 0 Å². The molecular weight excluding hydrogens is 132 g/mol. The molecule has 0 radical (unpaired) electrons. The fraction of sp³-hybridized carbons (Fsp3) is 1.00. The Morgan fingerprint density at radius 1 is 1.27 bits per heavy atom. The van der Waals surface area contributed by atoms with Crippen LogP contribution in [0.1, 0.15) is 53.4 Å². The van der Waals surface area contributed by atoms with E-state index in [9.17, 15) is 0 Å². The van der Waals surface area contributed by atoms with Crippen molar-refractivity contribution in [2.75, 3.05) is 0 Å². The molecule has 0 aliphatic heterocycles. The topological polar surface area (TPSA) is 0 Å². The fourth-order valence-corrected chi connectivity index (χ4v) is 2.70. The summed E-state index contributed by atoms with van der Waals surface area (Å²) in [4.78, 5) is 0. The monoisotopic (exact) mass is 154 g/mol. The summed E-state index contributed by atoms with van der Waals surface area (Å²) in [6.07, 6.45) is 5.69. The molecule has 0 bridgehead atoms. The minimum Gasteiger partial charge on any atom is -0.0651 e. The van der Waals surface area contributed by atoms with Gasteiger partial charge in [0.25, 0.3) is 0 Å². The van der Waals surface area contributed by atoms with Gasteiger partial charge in [-0.25, -0.2) is 0 Å². The minimum atomic E-state index is 0.681. The lowest BCUT2D eigenvalue weighted by molar-refractivity contribution is 0.304. The van der Waals surface area contributed by atoms with E-state index < -0.39 is 0 Å². The Kier molecular flexibility index (Phi) is 2.61. The average molecular weight is 154 g/mol. The molecule has 0 aromatic rings. The van der Waals surface area contributed by atoms with Gasteiger partial charge in [0.05, 0.1) is 0 Å². The van der Waals surface area contributed by atoms with Gasteiger partial charge in [0.15, 0.2) is 0 Å². The number of hydrogen-bond donors (Lipinski definition) is 0. The zero-order valence-electron chi connectivity index (χ0n) is 8.48. The molecule has 0 heteroatoms. The van der Waals surface area contributed by atoms with Crippen LogP contribution in [0.2, 0.25) is 0 Å². The molecule has 0 N–H and O–H groups in total. The van der Waals surface area contributed by atoms with Crippen molar-refractivity contribution in [1.82, 2.24) is 0 Å². The van der Waals surface area contributed by atoms with Crippen LogP contribution in [0, 0.1) is 17.3 Å². The zero-order valence-corrected chi connectivity index (χ0v) is 8.48. The highest BCUT2D eigenvalue weighted by Crippen LogP contribution is 2.48. The highest BCUT2D eigenvalue weighted by Gasteiger charge is 2.37. The van der Waals surface area contributed by atoms with Crippen LogP contribution in [0.25, 0.3) is 0 Å². The van der Waals surface area contributed by atoms with Crippen molar-refractivity contribution >= 4 is 0 Å². The second kappa shape index (κ2) is 3.16. The van der Waals surface area contributed by atoms with E-state index in [1.807, 2.05) is 0 Å². The van der Waals surface area contributed by atoms with Gasteiger partial charge in [-0.05, 0) is 30.1 Å². The van der Waals surface area contributed by atoms with Crippen LogP contribution in [0.15, 0.2) is 0 Å². The van der Waals surface area contributed by atoms with E-state index in [0.29, 0.717) is 5.41 Å². The van der Waals surface area contributed by atoms with Crippen LogP contribution < -0.4 is 0 Å². The Labute approximate surface area is 71.4 Å². The van der Waals surface area contributed by atoms with Gasteiger partial charge in [-0.1, -0.05) is 40.5 Å². The molecule has 3 atom stereocenters. The molecule has 1 aliphatic rings. The van der Waals surface area contributed by atoms with E-state index in [-0.39, 0.29) is 0 Å². The quantitative estimate of drug-likeness (QED) is 0.566. The Morgan fingerprint density at radius 2 is 1.91 bits per heavy atom. The first-order valence-corrected chi connectivity index (χ1v) is 5.11. The largest absolute Gasteiger partial charge is 0.0651 e. The van der Waals surface area contributed by atoms with Crippen molar-refractivity contribution < 1.29 is 0 Å². The highest BCUT2D eigenvalue weighted by molar-refractivity contribution is 4.88. The van der Waals surface area contributed by atoms with E-state index in [1.165, 1.54) is 25.7 Å². The molecule has 0 aromatic heterocycles. The molecule has 1 fully saturated rings. The standard InChI is InChI=1S/C11H22/c1-5-10-8-11(4,6-2)7-9(10)3/h9-10H,5-8H2,1-4H3. The summed E-state index contributed by atoms with van der Waals surface area (Å²) >= 11 is 0. The third-order valence-corrected chi connectivity index (χ3v) is 3.75. The molecule has 11 heavy (non-hydrogen) atoms. The van der Waals surface area contributed by atoms with Crippen molar-refractivity contribution in [3.05, 3.63) is 0 Å². The SMILES string of the molecule is CCC1CC(C)(CC)CC1C. The molecular formula is C11H22. The summed E-state index contributed by atoms with van der Waals surface area (Å²) in [6.45, 7) is 9.56. The first-order valence-electron chi connectivity index (χ1n) is 5.11. The Morgan fingerprint density at radius 3 is 2.18 bits per heavy atom. The Balaban J connectivity index is 2.55. The van der Waals surface area contributed by atoms with Crippen LogP contribution in [0.4, 0.5) is 0 Å². The van der Waals surface area contributed by atoms with Gasteiger partial charge in [0.1, 0.15) is 0 Å². The first kappa shape index (κ1) is 9.09. The number of hydrogen-bond acceptors (Lipinski definition) is 0. The van der Waals surface area contributed by atoms with Crippen molar-refractivity contribution in [3.8, 4) is 0 Å². The smallest absolute Gasteiger partial charge is 0.0323 e. The van der Waals surface area contributed by atoms with Crippen molar-refractivity contribution in [2.24, 2.45) is 17.3 Å². The second-order valence-corrected chi connectivity index (χ2v) is 4.72. The normalized spacial score (nSPS) is 44.7. The summed E-state index contributed by atoms with van der Waals surface area (Å²) in [6, 6.07) is 0. The second-order valence-electron chi connectivity index (χ2n) is 4.72. The van der Waals surface area contributed by atoms with E-state index in [2.05, 4.69) is 27.7 Å². The van der Waals surface area contributed by atoms with E-state index in [4.69, 9.17) is 0 Å². The third-order valence-electron chi connectivity index (χ3n) is 3.75. The van der Waals surface area contributed by atoms with Crippen LogP contribution in [-0.4, -0.2) is 0 Å². The zero-order chi connectivity index (χ0) is 8.48. The maximum Gasteiger partial charge on any atom is -0.0323 e. The van der Waals surface area contributed by atoms with Gasteiger partial charge >= 0.3 is 0 Å². The van der Waals surface area contributed by atoms with Crippen LogP contribution in [-0.2, 0) is 0 Å². The van der Waals surface area contributed by atoms with Crippen LogP contribution in [0.3, 0.4) is 0 Å². The lowest BCUT2D eigenvalue weighted by Crippen LogP contribution is -2.09. The van der Waals surface area contributed by atoms with E-state index >= 15 is 0 Å². The summed E-state index contributed by atoms with van der Waals surface area (Å²) in [5.74, 6) is 1.99. The lowest BCUT2D eigenvalue weighted by atomic mass is 9.84. The summed E-state index contributed by atoms with van der Waals surface area (Å²) in [7, 11) is 0. The van der Waals surface area contributed by atoms with Crippen molar-refractivity contribution in [3.63, 3.8) is 0 Å². The molecule has 0 spiro atoms. The molecule has 0 heterocycles. The van der Waals surface area contributed by atoms with Crippen LogP contribution >= 0.6 is 0 Å². The fourth-order valence-electron chi connectivity index (χ4n) is 2.70. The Hall–Kier alpha value is 0. The molecule has 1 saturated carbocycles. The van der Waals surface area contributed by atoms with Gasteiger partial charge in [0, 0.05) is 0 Å². The summed E-state index contributed by atoms with van der Waals surface area (Å²) in [5.41, 5.74) is 0.681. The minimum absolute atomic E-state index is 0.681. The van der Waals surface area contributed by atoms with Gasteiger partial charge < -0.3 is 0 Å².